The molecule has 3 rings (SSSR count). The number of aromatic nitrogens is 3. The highest BCUT2D eigenvalue weighted by atomic mass is 16.1. The molecule has 0 saturated heterocycles. The monoisotopic (exact) mass is 213 g/mol. The van der Waals surface area contributed by atoms with Gasteiger partial charge in [0.25, 0.3) is 0 Å². The average Bonchev–Trinajstić information content (AvgIpc) is 2.84. The maximum absolute atomic E-state index is 11.6. The van der Waals surface area contributed by atoms with Gasteiger partial charge in [0.2, 0.25) is 0 Å². The lowest BCUT2D eigenvalue weighted by Gasteiger charge is -2.07. The van der Waals surface area contributed by atoms with Crippen LogP contribution in [0.1, 0.15) is 35.3 Å². The number of hydrogen-bond donors (Lipinski definition) is 0. The second-order valence-corrected chi connectivity index (χ2v) is 4.07. The van der Waals surface area contributed by atoms with Crippen LogP contribution in [0.15, 0.2) is 30.6 Å². The molecule has 1 aliphatic rings. The van der Waals surface area contributed by atoms with Gasteiger partial charge in [-0.3, -0.25) is 4.79 Å². The summed E-state index contributed by atoms with van der Waals surface area (Å²) in [6.07, 6.45) is 3.96. The molecule has 16 heavy (non-hydrogen) atoms. The van der Waals surface area contributed by atoms with E-state index in [9.17, 15) is 4.79 Å². The third-order valence-corrected chi connectivity index (χ3v) is 2.93. The second-order valence-electron chi connectivity index (χ2n) is 4.07. The normalized spacial score (nSPS) is 18.8. The molecule has 0 bridgehead atoms. The number of Topliss-reactive ketones (excluding diaryl/α,β-unsaturated/α-hetero) is 1. The van der Waals surface area contributed by atoms with Crippen LogP contribution in [-0.4, -0.2) is 20.5 Å². The summed E-state index contributed by atoms with van der Waals surface area (Å²) >= 11 is 0. The number of nitrogens with zero attached hydrogens (tertiary/aromatic N) is 3. The smallest absolute Gasteiger partial charge is 0.166 e. The number of pyridine rings is 1. The Kier molecular flexibility index (Phi) is 1.89. The third kappa shape index (κ3) is 1.19. The molecule has 0 fully saturated rings. The van der Waals surface area contributed by atoms with Gasteiger partial charge in [0, 0.05) is 18.5 Å². The Balaban J connectivity index is 2.18. The van der Waals surface area contributed by atoms with Crippen LogP contribution < -0.4 is 0 Å². The molecular weight excluding hydrogens is 202 g/mol. The van der Waals surface area contributed by atoms with E-state index >= 15 is 0 Å². The Labute approximate surface area is 92.9 Å². The number of rotatable bonds is 1. The molecule has 80 valence electrons. The predicted octanol–water partition coefficient (Wildman–Crippen LogP) is 1.96. The van der Waals surface area contributed by atoms with Crippen LogP contribution in [0, 0.1) is 0 Å². The molecule has 2 heterocycles. The van der Waals surface area contributed by atoms with Gasteiger partial charge in [0.1, 0.15) is 0 Å². The molecule has 2 aromatic heterocycles. The minimum absolute atomic E-state index is 0.185. The Morgan fingerprint density at radius 2 is 2.31 bits per heavy atom. The van der Waals surface area contributed by atoms with E-state index in [1.165, 1.54) is 0 Å². The van der Waals surface area contributed by atoms with Crippen LogP contribution in [-0.2, 0) is 0 Å². The lowest BCUT2D eigenvalue weighted by molar-refractivity contribution is 0.0990. The first-order valence-electron chi connectivity index (χ1n) is 5.30. The largest absolute Gasteiger partial charge is 0.294 e. The van der Waals surface area contributed by atoms with Gasteiger partial charge in [-0.05, 0) is 12.1 Å². The SMILES string of the molecule is CC1CC(=O)c2cnn(-c3ccccn3)c21. The first-order valence-corrected chi connectivity index (χ1v) is 5.30. The molecule has 4 heteroatoms. The van der Waals surface area contributed by atoms with Gasteiger partial charge in [0.15, 0.2) is 11.6 Å². The number of ketones is 1. The predicted molar refractivity (Wildman–Crippen MR) is 58.7 cm³/mol. The van der Waals surface area contributed by atoms with Crippen molar-refractivity contribution in [2.75, 3.05) is 0 Å². The zero-order valence-corrected chi connectivity index (χ0v) is 8.92. The Bertz CT molecular complexity index is 545. The minimum atomic E-state index is 0.185. The Hall–Kier alpha value is -1.97. The van der Waals surface area contributed by atoms with Gasteiger partial charge in [-0.2, -0.15) is 5.10 Å². The number of carbonyl (C=O) groups is 1. The van der Waals surface area contributed by atoms with E-state index in [2.05, 4.69) is 10.1 Å². The highest BCUT2D eigenvalue weighted by Crippen LogP contribution is 2.33. The van der Waals surface area contributed by atoms with Crippen LogP contribution >= 0.6 is 0 Å². The molecule has 4 nitrogen and oxygen atoms in total. The van der Waals surface area contributed by atoms with Crippen molar-refractivity contribution in [2.24, 2.45) is 0 Å². The molecule has 0 aliphatic heterocycles. The van der Waals surface area contributed by atoms with Crippen molar-refractivity contribution < 1.29 is 4.79 Å². The molecule has 0 N–H and O–H groups in total. The maximum atomic E-state index is 11.6. The molecule has 2 aromatic rings. The maximum Gasteiger partial charge on any atom is 0.166 e. The standard InChI is InChI=1S/C12H11N3O/c1-8-6-10(16)9-7-14-15(12(8)9)11-4-2-3-5-13-11/h2-5,7-8H,6H2,1H3. The summed E-state index contributed by atoms with van der Waals surface area (Å²) < 4.78 is 1.77. The van der Waals surface area contributed by atoms with E-state index in [1.807, 2.05) is 25.1 Å². The van der Waals surface area contributed by atoms with Crippen LogP contribution in [0.4, 0.5) is 0 Å². The average molecular weight is 213 g/mol. The number of fused-ring (bicyclic) bond motifs is 1. The lowest BCUT2D eigenvalue weighted by Crippen LogP contribution is -2.04. The second kappa shape index (κ2) is 3.27. The van der Waals surface area contributed by atoms with E-state index in [4.69, 9.17) is 0 Å². The molecular formula is C12H11N3O. The molecule has 0 saturated carbocycles. The number of carbonyl (C=O) groups excluding carboxylic acids is 1. The summed E-state index contributed by atoms with van der Waals surface area (Å²) in [5, 5.41) is 4.24. The molecule has 0 aromatic carbocycles. The van der Waals surface area contributed by atoms with Gasteiger partial charge >= 0.3 is 0 Å². The fraction of sp³-hybridized carbons (Fsp3) is 0.250. The topological polar surface area (TPSA) is 47.8 Å². The molecule has 0 spiro atoms. The van der Waals surface area contributed by atoms with Crippen LogP contribution in [0.3, 0.4) is 0 Å². The Morgan fingerprint density at radius 3 is 3.06 bits per heavy atom. The van der Waals surface area contributed by atoms with E-state index in [0.29, 0.717) is 6.42 Å². The van der Waals surface area contributed by atoms with E-state index in [0.717, 1.165) is 17.1 Å². The summed E-state index contributed by atoms with van der Waals surface area (Å²) in [5.41, 5.74) is 1.74. The van der Waals surface area contributed by atoms with Gasteiger partial charge < -0.3 is 0 Å². The first-order chi connectivity index (χ1) is 7.77. The molecule has 1 unspecified atom stereocenters. The molecule has 0 radical (unpaired) electrons. The van der Waals surface area contributed by atoms with Crippen molar-refractivity contribution in [1.29, 1.82) is 0 Å². The highest BCUT2D eigenvalue weighted by molar-refractivity contribution is 6.00. The summed E-state index contributed by atoms with van der Waals surface area (Å²) in [4.78, 5) is 15.9. The summed E-state index contributed by atoms with van der Waals surface area (Å²) in [7, 11) is 0. The number of hydrogen-bond acceptors (Lipinski definition) is 3. The van der Waals surface area contributed by atoms with Gasteiger partial charge in [-0.25, -0.2) is 9.67 Å². The van der Waals surface area contributed by atoms with Gasteiger partial charge in [-0.1, -0.05) is 13.0 Å². The van der Waals surface area contributed by atoms with E-state index in [1.54, 1.807) is 17.1 Å². The van der Waals surface area contributed by atoms with Gasteiger partial charge in [0.05, 0.1) is 17.5 Å². The van der Waals surface area contributed by atoms with Crippen molar-refractivity contribution >= 4 is 5.78 Å². The highest BCUT2D eigenvalue weighted by Gasteiger charge is 2.31. The zero-order chi connectivity index (χ0) is 11.1. The van der Waals surface area contributed by atoms with Crippen LogP contribution in [0.5, 0.6) is 0 Å². The molecule has 1 atom stereocenters. The van der Waals surface area contributed by atoms with Crippen molar-refractivity contribution in [3.05, 3.63) is 41.9 Å². The van der Waals surface area contributed by atoms with Crippen molar-refractivity contribution in [3.8, 4) is 5.82 Å². The summed E-state index contributed by atoms with van der Waals surface area (Å²) in [6, 6.07) is 5.67. The first kappa shape index (κ1) is 9.27. The fourth-order valence-corrected chi connectivity index (χ4v) is 2.19. The minimum Gasteiger partial charge on any atom is -0.294 e. The Morgan fingerprint density at radius 1 is 1.44 bits per heavy atom. The quantitative estimate of drug-likeness (QED) is 0.727. The zero-order valence-electron chi connectivity index (χ0n) is 8.92. The van der Waals surface area contributed by atoms with E-state index < -0.39 is 0 Å². The van der Waals surface area contributed by atoms with Crippen molar-refractivity contribution in [3.63, 3.8) is 0 Å². The van der Waals surface area contributed by atoms with E-state index in [-0.39, 0.29) is 11.7 Å². The van der Waals surface area contributed by atoms with Crippen molar-refractivity contribution in [1.82, 2.24) is 14.8 Å². The lowest BCUT2D eigenvalue weighted by atomic mass is 10.1. The summed E-state index contributed by atoms with van der Waals surface area (Å²) in [5.74, 6) is 1.18. The van der Waals surface area contributed by atoms with Crippen LogP contribution in [0.2, 0.25) is 0 Å². The van der Waals surface area contributed by atoms with Gasteiger partial charge in [-0.15, -0.1) is 0 Å². The van der Waals surface area contributed by atoms with Crippen LogP contribution in [0.25, 0.3) is 5.82 Å². The fourth-order valence-electron chi connectivity index (χ4n) is 2.19. The third-order valence-electron chi connectivity index (χ3n) is 2.93. The molecule has 0 amide bonds. The van der Waals surface area contributed by atoms with Crippen molar-refractivity contribution in [2.45, 2.75) is 19.3 Å². The molecule has 1 aliphatic carbocycles. The summed E-state index contributed by atoms with van der Waals surface area (Å²) in [6.45, 7) is 2.05.